The summed E-state index contributed by atoms with van der Waals surface area (Å²) in [7, 11) is 1.45. The molecule has 0 bridgehead atoms. The van der Waals surface area contributed by atoms with Crippen LogP contribution in [0.25, 0.3) is 10.2 Å². The molecule has 3 rings (SSSR count). The Morgan fingerprint density at radius 2 is 2.23 bits per heavy atom. The number of Topliss-reactive ketones (excluding diaryl/α,β-unsaturated/α-hetero) is 1. The van der Waals surface area contributed by atoms with E-state index in [9.17, 15) is 9.59 Å². The number of aryl methyl sites for hydroxylation is 1. The molecule has 0 atom stereocenters. The lowest BCUT2D eigenvalue weighted by molar-refractivity contribution is 0.0967. The van der Waals surface area contributed by atoms with Gasteiger partial charge in [-0.3, -0.25) is 14.2 Å². The molecule has 0 aliphatic heterocycles. The van der Waals surface area contributed by atoms with Crippen molar-refractivity contribution in [2.45, 2.75) is 13.5 Å². The van der Waals surface area contributed by atoms with Crippen molar-refractivity contribution in [1.82, 2.24) is 14.5 Å². The first-order valence-electron chi connectivity index (χ1n) is 6.57. The number of aromatic nitrogens is 3. The Bertz CT molecular complexity index is 914. The lowest BCUT2D eigenvalue weighted by Crippen LogP contribution is -2.24. The van der Waals surface area contributed by atoms with Gasteiger partial charge < -0.3 is 4.74 Å². The molecular weight excluding hydrogens is 302 g/mol. The van der Waals surface area contributed by atoms with Crippen LogP contribution in [0, 0.1) is 6.92 Å². The number of ketones is 1. The van der Waals surface area contributed by atoms with E-state index in [-0.39, 0.29) is 23.8 Å². The minimum atomic E-state index is -0.249. The van der Waals surface area contributed by atoms with Crippen molar-refractivity contribution in [3.05, 3.63) is 51.5 Å². The zero-order valence-electron chi connectivity index (χ0n) is 12.1. The standard InChI is InChI=1S/C15H13N3O3S/c1-9-7-22-13-12(9)17-8-18(15(13)20)6-11(19)10-4-3-5-16-14(10)21-2/h3-5,7-8H,6H2,1-2H3. The monoisotopic (exact) mass is 315 g/mol. The summed E-state index contributed by atoms with van der Waals surface area (Å²) in [5.74, 6) is 0.00281. The third-order valence-electron chi connectivity index (χ3n) is 3.30. The Morgan fingerprint density at radius 1 is 1.41 bits per heavy atom. The summed E-state index contributed by atoms with van der Waals surface area (Å²) >= 11 is 1.34. The van der Waals surface area contributed by atoms with Crippen LogP contribution in [0.5, 0.6) is 5.88 Å². The molecule has 0 N–H and O–H groups in total. The van der Waals surface area contributed by atoms with E-state index in [2.05, 4.69) is 9.97 Å². The number of nitrogens with zero attached hydrogens (tertiary/aromatic N) is 3. The number of carbonyl (C=O) groups excluding carboxylic acids is 1. The predicted octanol–water partition coefficient (Wildman–Crippen LogP) is 2.05. The maximum atomic E-state index is 12.4. The second-order valence-electron chi connectivity index (χ2n) is 4.76. The number of ether oxygens (including phenoxy) is 1. The fourth-order valence-corrected chi connectivity index (χ4v) is 3.13. The maximum absolute atomic E-state index is 12.4. The van der Waals surface area contributed by atoms with Gasteiger partial charge in [-0.05, 0) is 30.0 Å². The number of fused-ring (bicyclic) bond motifs is 1. The highest BCUT2D eigenvalue weighted by molar-refractivity contribution is 7.17. The minimum absolute atomic E-state index is 0.0965. The number of carbonyl (C=O) groups is 1. The van der Waals surface area contributed by atoms with Gasteiger partial charge in [0.05, 0.1) is 31.1 Å². The van der Waals surface area contributed by atoms with Crippen molar-refractivity contribution in [3.8, 4) is 5.88 Å². The van der Waals surface area contributed by atoms with Crippen LogP contribution < -0.4 is 10.3 Å². The van der Waals surface area contributed by atoms with Crippen LogP contribution in [0.2, 0.25) is 0 Å². The molecule has 0 radical (unpaired) electrons. The number of hydrogen-bond acceptors (Lipinski definition) is 6. The second kappa shape index (κ2) is 5.69. The van der Waals surface area contributed by atoms with Gasteiger partial charge >= 0.3 is 0 Å². The Kier molecular flexibility index (Phi) is 3.72. The van der Waals surface area contributed by atoms with Crippen molar-refractivity contribution in [3.63, 3.8) is 0 Å². The zero-order chi connectivity index (χ0) is 15.7. The summed E-state index contributed by atoms with van der Waals surface area (Å²) in [4.78, 5) is 33.0. The van der Waals surface area contributed by atoms with Gasteiger partial charge in [0.15, 0.2) is 5.78 Å². The molecule has 0 saturated carbocycles. The van der Waals surface area contributed by atoms with E-state index in [0.717, 1.165) is 5.56 Å². The van der Waals surface area contributed by atoms with Crippen LogP contribution in [0.4, 0.5) is 0 Å². The lowest BCUT2D eigenvalue weighted by atomic mass is 10.2. The van der Waals surface area contributed by atoms with Crippen molar-refractivity contribution in [2.75, 3.05) is 7.11 Å². The van der Waals surface area contributed by atoms with Crippen LogP contribution in [0.1, 0.15) is 15.9 Å². The highest BCUT2D eigenvalue weighted by atomic mass is 32.1. The highest BCUT2D eigenvalue weighted by Crippen LogP contribution is 2.20. The lowest BCUT2D eigenvalue weighted by Gasteiger charge is -2.07. The third-order valence-corrected chi connectivity index (χ3v) is 4.38. The molecule has 6 nitrogen and oxygen atoms in total. The highest BCUT2D eigenvalue weighted by Gasteiger charge is 2.16. The van der Waals surface area contributed by atoms with Gasteiger partial charge in [0, 0.05) is 6.20 Å². The number of rotatable bonds is 4. The fraction of sp³-hybridized carbons (Fsp3) is 0.200. The predicted molar refractivity (Wildman–Crippen MR) is 83.7 cm³/mol. The average Bonchev–Trinajstić information content (AvgIpc) is 2.92. The molecule has 0 aromatic carbocycles. The summed E-state index contributed by atoms with van der Waals surface area (Å²) in [5, 5.41) is 1.88. The average molecular weight is 315 g/mol. The van der Waals surface area contributed by atoms with Crippen LogP contribution >= 0.6 is 11.3 Å². The van der Waals surface area contributed by atoms with Crippen LogP contribution in [-0.4, -0.2) is 27.4 Å². The van der Waals surface area contributed by atoms with Gasteiger partial charge in [-0.15, -0.1) is 11.3 Å². The van der Waals surface area contributed by atoms with Gasteiger partial charge in [-0.2, -0.15) is 0 Å². The quantitative estimate of drug-likeness (QED) is 0.689. The van der Waals surface area contributed by atoms with Crippen LogP contribution in [0.3, 0.4) is 0 Å². The molecule has 3 heterocycles. The molecule has 112 valence electrons. The Labute approximate surface area is 130 Å². The van der Waals surface area contributed by atoms with Gasteiger partial charge in [0.25, 0.3) is 5.56 Å². The van der Waals surface area contributed by atoms with Crippen molar-refractivity contribution < 1.29 is 9.53 Å². The molecule has 3 aromatic rings. The van der Waals surface area contributed by atoms with E-state index >= 15 is 0 Å². The fourth-order valence-electron chi connectivity index (χ4n) is 2.18. The van der Waals surface area contributed by atoms with E-state index < -0.39 is 0 Å². The molecule has 0 amide bonds. The van der Waals surface area contributed by atoms with E-state index in [1.54, 1.807) is 18.3 Å². The molecule has 0 aliphatic carbocycles. The summed E-state index contributed by atoms with van der Waals surface area (Å²) in [6.45, 7) is 1.81. The van der Waals surface area contributed by atoms with Gasteiger partial charge in [-0.1, -0.05) is 0 Å². The van der Waals surface area contributed by atoms with E-state index in [1.165, 1.54) is 29.3 Å². The molecule has 0 saturated heterocycles. The smallest absolute Gasteiger partial charge is 0.271 e. The molecule has 0 aliphatic rings. The van der Waals surface area contributed by atoms with Crippen molar-refractivity contribution in [2.24, 2.45) is 0 Å². The normalized spacial score (nSPS) is 10.8. The molecule has 22 heavy (non-hydrogen) atoms. The summed E-state index contributed by atoms with van der Waals surface area (Å²) in [6.07, 6.45) is 2.95. The first-order valence-corrected chi connectivity index (χ1v) is 7.45. The van der Waals surface area contributed by atoms with Gasteiger partial charge in [0.2, 0.25) is 5.88 Å². The number of hydrogen-bond donors (Lipinski definition) is 0. The summed E-state index contributed by atoms with van der Waals surface area (Å²) < 4.78 is 6.95. The topological polar surface area (TPSA) is 74.1 Å². The van der Waals surface area contributed by atoms with Crippen LogP contribution in [0.15, 0.2) is 34.8 Å². The first kappa shape index (κ1) is 14.4. The number of methoxy groups -OCH3 is 1. The molecule has 3 aromatic heterocycles. The van der Waals surface area contributed by atoms with Crippen molar-refractivity contribution >= 4 is 27.3 Å². The van der Waals surface area contributed by atoms with Gasteiger partial charge in [0.1, 0.15) is 4.70 Å². The van der Waals surface area contributed by atoms with E-state index in [4.69, 9.17) is 4.74 Å². The molecule has 7 heteroatoms. The maximum Gasteiger partial charge on any atom is 0.271 e. The molecule has 0 unspecified atom stereocenters. The SMILES string of the molecule is COc1ncccc1C(=O)Cn1cnc2c(C)csc2c1=O. The second-order valence-corrected chi connectivity index (χ2v) is 5.64. The van der Waals surface area contributed by atoms with Crippen LogP contribution in [-0.2, 0) is 6.54 Å². The Hall–Kier alpha value is -2.54. The van der Waals surface area contributed by atoms with Crippen molar-refractivity contribution in [1.29, 1.82) is 0 Å². The molecule has 0 fully saturated rings. The zero-order valence-corrected chi connectivity index (χ0v) is 12.9. The largest absolute Gasteiger partial charge is 0.480 e. The third kappa shape index (κ3) is 2.39. The van der Waals surface area contributed by atoms with E-state index in [0.29, 0.717) is 15.8 Å². The van der Waals surface area contributed by atoms with E-state index in [1.807, 2.05) is 12.3 Å². The Balaban J connectivity index is 1.98. The Morgan fingerprint density at radius 3 is 3.00 bits per heavy atom. The number of pyridine rings is 1. The number of thiophene rings is 1. The first-order chi connectivity index (χ1) is 10.6. The summed E-state index contributed by atoms with van der Waals surface area (Å²) in [6, 6.07) is 3.28. The molecular formula is C15H13N3O3S. The summed E-state index contributed by atoms with van der Waals surface area (Å²) in [5.41, 5.74) is 1.79. The minimum Gasteiger partial charge on any atom is -0.480 e. The molecule has 0 spiro atoms. The van der Waals surface area contributed by atoms with Gasteiger partial charge in [-0.25, -0.2) is 9.97 Å².